The van der Waals surface area contributed by atoms with Crippen molar-refractivity contribution in [2.24, 2.45) is 0 Å². The summed E-state index contributed by atoms with van der Waals surface area (Å²) in [6, 6.07) is 22.2. The number of benzene rings is 3. The molecule has 3 heteroatoms. The molecule has 0 saturated heterocycles. The largest absolute Gasteiger partial charge is 0.289 e. The molecule has 0 fully saturated rings. The fourth-order valence-corrected chi connectivity index (χ4v) is 3.34. The molecule has 0 atom stereocenters. The van der Waals surface area contributed by atoms with Crippen LogP contribution in [0.15, 0.2) is 85.2 Å². The molecule has 1 heterocycles. The highest BCUT2D eigenvalue weighted by Gasteiger charge is 2.13. The Morgan fingerprint density at radius 3 is 2.00 bits per heavy atom. The second-order valence-electron chi connectivity index (χ2n) is 8.41. The first kappa shape index (κ1) is 19.7. The van der Waals surface area contributed by atoms with Crippen LogP contribution in [0.25, 0.3) is 28.2 Å². The predicted octanol–water partition coefficient (Wildman–Crippen LogP) is 6.49. The molecule has 0 amide bonds. The normalized spacial score (nSPS) is 11.8. The summed E-state index contributed by atoms with van der Waals surface area (Å²) < 4.78 is 0. The second kappa shape index (κ2) is 8.03. The van der Waals surface area contributed by atoms with Crippen LogP contribution in [0.2, 0.25) is 0 Å². The number of carbonyl (C=O) groups excluding carboxylic acids is 1. The molecule has 148 valence electrons. The monoisotopic (exact) mass is 392 g/mol. The van der Waals surface area contributed by atoms with Crippen LogP contribution in [0.1, 0.15) is 42.3 Å². The lowest BCUT2D eigenvalue weighted by Crippen LogP contribution is -2.10. The van der Waals surface area contributed by atoms with Crippen LogP contribution in [0.3, 0.4) is 0 Å². The van der Waals surface area contributed by atoms with Gasteiger partial charge in [0.15, 0.2) is 5.78 Å². The van der Waals surface area contributed by atoms with Crippen LogP contribution < -0.4 is 0 Å². The van der Waals surface area contributed by atoms with Crippen molar-refractivity contribution >= 4 is 22.9 Å². The number of allylic oxidation sites excluding steroid dienone is 1. The van der Waals surface area contributed by atoms with Crippen LogP contribution in [-0.4, -0.2) is 15.8 Å². The minimum atomic E-state index is -0.0242. The molecule has 0 unspecified atom stereocenters. The number of fused-ring (bicyclic) bond motifs is 1. The molecule has 3 nitrogen and oxygen atoms in total. The van der Waals surface area contributed by atoms with Crippen molar-refractivity contribution in [2.75, 3.05) is 0 Å². The smallest absolute Gasteiger partial charge is 0.185 e. The van der Waals surface area contributed by atoms with Gasteiger partial charge in [0.05, 0.1) is 11.0 Å². The van der Waals surface area contributed by atoms with E-state index in [0.29, 0.717) is 5.56 Å². The quantitative estimate of drug-likeness (QED) is 0.294. The minimum absolute atomic E-state index is 0.0242. The summed E-state index contributed by atoms with van der Waals surface area (Å²) in [6.07, 6.45) is 6.75. The molecule has 0 saturated carbocycles. The molecular formula is C27H24N2O. The highest BCUT2D eigenvalue weighted by Crippen LogP contribution is 2.26. The van der Waals surface area contributed by atoms with Crippen LogP contribution >= 0.6 is 0 Å². The highest BCUT2D eigenvalue weighted by molar-refractivity contribution is 6.07. The maximum atomic E-state index is 12.6. The van der Waals surface area contributed by atoms with Gasteiger partial charge in [-0.1, -0.05) is 81.4 Å². The van der Waals surface area contributed by atoms with Gasteiger partial charge in [-0.2, -0.15) is 0 Å². The first-order valence-electron chi connectivity index (χ1n) is 10.0. The Hall–Kier alpha value is -3.59. The number of rotatable bonds is 4. The van der Waals surface area contributed by atoms with E-state index in [9.17, 15) is 4.79 Å². The van der Waals surface area contributed by atoms with Gasteiger partial charge < -0.3 is 0 Å². The van der Waals surface area contributed by atoms with Crippen LogP contribution in [-0.2, 0) is 5.41 Å². The highest BCUT2D eigenvalue weighted by atomic mass is 16.1. The van der Waals surface area contributed by atoms with E-state index in [4.69, 9.17) is 0 Å². The molecule has 4 aromatic rings. The van der Waals surface area contributed by atoms with Crippen molar-refractivity contribution in [1.29, 1.82) is 0 Å². The van der Waals surface area contributed by atoms with E-state index in [1.54, 1.807) is 18.5 Å². The van der Waals surface area contributed by atoms with E-state index in [0.717, 1.165) is 27.7 Å². The molecule has 0 bridgehead atoms. The molecule has 0 N–H and O–H groups in total. The van der Waals surface area contributed by atoms with Gasteiger partial charge in [-0.3, -0.25) is 14.8 Å². The van der Waals surface area contributed by atoms with Crippen LogP contribution in [0.4, 0.5) is 0 Å². The summed E-state index contributed by atoms with van der Waals surface area (Å²) >= 11 is 0. The van der Waals surface area contributed by atoms with E-state index >= 15 is 0 Å². The Labute approximate surface area is 177 Å². The van der Waals surface area contributed by atoms with Crippen molar-refractivity contribution in [3.8, 4) is 11.1 Å². The summed E-state index contributed by atoms with van der Waals surface area (Å²) in [4.78, 5) is 21.1. The van der Waals surface area contributed by atoms with Gasteiger partial charge in [0.25, 0.3) is 0 Å². The zero-order valence-corrected chi connectivity index (χ0v) is 17.5. The summed E-state index contributed by atoms with van der Waals surface area (Å²) in [5.74, 6) is -0.0242. The molecule has 30 heavy (non-hydrogen) atoms. The maximum Gasteiger partial charge on any atom is 0.185 e. The SMILES string of the molecule is CC(C)(C)c1ccc(-c2ccc(C(=O)C=Cc3ccc4nccnc4c3)cc2)cc1. The van der Waals surface area contributed by atoms with Crippen molar-refractivity contribution < 1.29 is 4.79 Å². The Bertz CT molecular complexity index is 1210. The lowest BCUT2D eigenvalue weighted by atomic mass is 9.86. The average molecular weight is 393 g/mol. The van der Waals surface area contributed by atoms with Crippen molar-refractivity contribution in [3.63, 3.8) is 0 Å². The molecule has 4 rings (SSSR count). The van der Waals surface area contributed by atoms with E-state index in [2.05, 4.69) is 55.0 Å². The number of ketones is 1. The average Bonchev–Trinajstić information content (AvgIpc) is 2.77. The zero-order valence-electron chi connectivity index (χ0n) is 17.5. The van der Waals surface area contributed by atoms with E-state index in [1.807, 2.05) is 48.5 Å². The van der Waals surface area contributed by atoms with Crippen LogP contribution in [0.5, 0.6) is 0 Å². The van der Waals surface area contributed by atoms with E-state index in [1.165, 1.54) is 5.56 Å². The Kier molecular flexibility index (Phi) is 5.28. The number of nitrogens with zero attached hydrogens (tertiary/aromatic N) is 2. The number of carbonyl (C=O) groups is 1. The van der Waals surface area contributed by atoms with Crippen LogP contribution in [0, 0.1) is 0 Å². The number of hydrogen-bond acceptors (Lipinski definition) is 3. The maximum absolute atomic E-state index is 12.6. The fraction of sp³-hybridized carbons (Fsp3) is 0.148. The van der Waals surface area contributed by atoms with Crippen molar-refractivity contribution in [1.82, 2.24) is 9.97 Å². The van der Waals surface area contributed by atoms with Gasteiger partial charge in [-0.15, -0.1) is 0 Å². The molecule has 0 aliphatic rings. The molecule has 1 aromatic heterocycles. The molecule has 3 aromatic carbocycles. The molecular weight excluding hydrogens is 368 g/mol. The predicted molar refractivity (Wildman–Crippen MR) is 123 cm³/mol. The van der Waals surface area contributed by atoms with Gasteiger partial charge in [-0.05, 0) is 45.9 Å². The zero-order chi connectivity index (χ0) is 21.1. The fourth-order valence-electron chi connectivity index (χ4n) is 3.34. The van der Waals surface area contributed by atoms with Gasteiger partial charge in [0.1, 0.15) is 0 Å². The van der Waals surface area contributed by atoms with Crippen molar-refractivity contribution in [3.05, 3.63) is 102 Å². The van der Waals surface area contributed by atoms with E-state index in [-0.39, 0.29) is 11.2 Å². The first-order chi connectivity index (χ1) is 14.4. The molecule has 0 aliphatic carbocycles. The summed E-state index contributed by atoms with van der Waals surface area (Å²) in [5, 5.41) is 0. The topological polar surface area (TPSA) is 42.9 Å². The molecule has 0 radical (unpaired) electrons. The standard InChI is InChI=1S/C27H24N2O/c1-27(2,3)23-12-10-21(11-13-23)20-6-8-22(9-7-20)26(30)15-5-19-4-14-24-25(18-19)29-17-16-28-24/h4-18H,1-3H3. The lowest BCUT2D eigenvalue weighted by Gasteiger charge is -2.19. The summed E-state index contributed by atoms with van der Waals surface area (Å²) in [7, 11) is 0. The third-order valence-electron chi connectivity index (χ3n) is 5.17. The minimum Gasteiger partial charge on any atom is -0.289 e. The Morgan fingerprint density at radius 2 is 1.37 bits per heavy atom. The first-order valence-corrected chi connectivity index (χ1v) is 10.0. The van der Waals surface area contributed by atoms with Gasteiger partial charge in [-0.25, -0.2) is 0 Å². The van der Waals surface area contributed by atoms with Gasteiger partial charge >= 0.3 is 0 Å². The lowest BCUT2D eigenvalue weighted by molar-refractivity contribution is 0.104. The Morgan fingerprint density at radius 1 is 0.767 bits per heavy atom. The molecule has 0 spiro atoms. The van der Waals surface area contributed by atoms with Gasteiger partial charge in [0, 0.05) is 18.0 Å². The third kappa shape index (κ3) is 4.36. The van der Waals surface area contributed by atoms with Crippen molar-refractivity contribution in [2.45, 2.75) is 26.2 Å². The van der Waals surface area contributed by atoms with Gasteiger partial charge in [0.2, 0.25) is 0 Å². The third-order valence-corrected chi connectivity index (χ3v) is 5.17. The Balaban J connectivity index is 1.49. The number of aromatic nitrogens is 2. The summed E-state index contributed by atoms with van der Waals surface area (Å²) in [6.45, 7) is 6.63. The number of hydrogen-bond donors (Lipinski definition) is 0. The van der Waals surface area contributed by atoms with E-state index < -0.39 is 0 Å². The summed E-state index contributed by atoms with van der Waals surface area (Å²) in [5.41, 5.74) is 6.94. The molecule has 0 aliphatic heterocycles. The second-order valence-corrected chi connectivity index (χ2v) is 8.41.